The van der Waals surface area contributed by atoms with Gasteiger partial charge < -0.3 is 9.94 Å². The van der Waals surface area contributed by atoms with Crippen molar-refractivity contribution in [3.8, 4) is 0 Å². The second-order valence-corrected chi connectivity index (χ2v) is 8.18. The largest absolute Gasteiger partial charge is 0.477 e. The van der Waals surface area contributed by atoms with Crippen LogP contribution >= 0.6 is 11.3 Å². The Hall–Kier alpha value is -3.28. The van der Waals surface area contributed by atoms with Crippen LogP contribution in [0.25, 0.3) is 0 Å². The summed E-state index contributed by atoms with van der Waals surface area (Å²) in [7, 11) is 0. The molecule has 0 aliphatic carbocycles. The van der Waals surface area contributed by atoms with Gasteiger partial charge in [0.15, 0.2) is 10.8 Å². The van der Waals surface area contributed by atoms with Crippen LogP contribution < -0.4 is 10.8 Å². The summed E-state index contributed by atoms with van der Waals surface area (Å²) in [6, 6.07) is 18.0. The van der Waals surface area contributed by atoms with Crippen LogP contribution in [-0.4, -0.2) is 28.6 Å². The predicted molar refractivity (Wildman–Crippen MR) is 127 cm³/mol. The Morgan fingerprint density at radius 1 is 1.03 bits per heavy atom. The monoisotopic (exact) mass is 509 g/mol. The van der Waals surface area contributed by atoms with Crippen LogP contribution in [0.5, 0.6) is 0 Å². The summed E-state index contributed by atoms with van der Waals surface area (Å²) >= 11 is 0.255. The molecule has 0 spiro atoms. The first kappa shape index (κ1) is 28.0. The van der Waals surface area contributed by atoms with Gasteiger partial charge in [0.2, 0.25) is 0 Å². The number of benzene rings is 2. The van der Waals surface area contributed by atoms with Gasteiger partial charge in [-0.05, 0) is 24.1 Å². The third-order valence-corrected chi connectivity index (χ3v) is 5.38. The van der Waals surface area contributed by atoms with Gasteiger partial charge in [-0.1, -0.05) is 79.6 Å². The standard InChI is InChI=1S/C12H7F3N2O3S.C12H19NO/c13-12(14,15)8-7(10(19)20)21-11(16-8)17-9(18)6-4-2-1-3-5-6;1-2-3-7-10-14-13-11-12-8-5-4-6-9-12/h1-5H,(H,19,20)(H,16,17,18);4-6,8-9,13H,2-3,7,10-11H2,1H3. The summed E-state index contributed by atoms with van der Waals surface area (Å²) in [6.07, 6.45) is -1.28. The molecule has 0 saturated heterocycles. The Balaban J connectivity index is 0.000000269. The number of hydroxylamine groups is 1. The van der Waals surface area contributed by atoms with Gasteiger partial charge in [0.05, 0.1) is 6.61 Å². The van der Waals surface area contributed by atoms with Gasteiger partial charge in [0.25, 0.3) is 5.91 Å². The summed E-state index contributed by atoms with van der Waals surface area (Å²) < 4.78 is 38.0. The number of carboxylic acid groups (broad SMARTS) is 1. The van der Waals surface area contributed by atoms with E-state index in [-0.39, 0.29) is 16.9 Å². The zero-order chi connectivity index (χ0) is 25.7. The fourth-order valence-corrected chi connectivity index (χ4v) is 3.52. The number of aromatic nitrogens is 1. The van der Waals surface area contributed by atoms with E-state index in [1.807, 2.05) is 18.2 Å². The zero-order valence-electron chi connectivity index (χ0n) is 19.0. The minimum Gasteiger partial charge on any atom is -0.477 e. The number of halogens is 3. The lowest BCUT2D eigenvalue weighted by molar-refractivity contribution is -0.141. The van der Waals surface area contributed by atoms with Crippen LogP contribution in [0.4, 0.5) is 18.3 Å². The van der Waals surface area contributed by atoms with Crippen LogP contribution in [0.2, 0.25) is 0 Å². The number of thiazole rings is 1. The summed E-state index contributed by atoms with van der Waals surface area (Å²) in [6.45, 7) is 3.78. The molecule has 11 heteroatoms. The minimum absolute atomic E-state index is 0.220. The van der Waals surface area contributed by atoms with Crippen LogP contribution in [0.15, 0.2) is 60.7 Å². The van der Waals surface area contributed by atoms with E-state index in [0.717, 1.165) is 19.6 Å². The van der Waals surface area contributed by atoms with Gasteiger partial charge >= 0.3 is 12.1 Å². The molecular formula is C24H26F3N3O4S. The molecule has 3 N–H and O–H groups in total. The average Bonchev–Trinajstić information content (AvgIpc) is 3.28. The average molecular weight is 510 g/mol. The maximum absolute atomic E-state index is 12.7. The lowest BCUT2D eigenvalue weighted by atomic mass is 10.2. The van der Waals surface area contributed by atoms with Crippen molar-refractivity contribution in [2.24, 2.45) is 0 Å². The molecule has 0 unspecified atom stereocenters. The highest BCUT2D eigenvalue weighted by Crippen LogP contribution is 2.36. The number of alkyl halides is 3. The molecular weight excluding hydrogens is 483 g/mol. The number of hydrogen-bond donors (Lipinski definition) is 3. The lowest BCUT2D eigenvalue weighted by Gasteiger charge is -2.05. The van der Waals surface area contributed by atoms with Gasteiger partial charge in [-0.2, -0.15) is 18.7 Å². The number of carbonyl (C=O) groups excluding carboxylic acids is 1. The number of carbonyl (C=O) groups is 2. The van der Waals surface area contributed by atoms with Crippen molar-refractivity contribution in [1.82, 2.24) is 10.5 Å². The van der Waals surface area contributed by atoms with Gasteiger partial charge in [-0.3, -0.25) is 10.1 Å². The van der Waals surface area contributed by atoms with E-state index < -0.39 is 33.8 Å². The van der Waals surface area contributed by atoms with Crippen LogP contribution in [0.3, 0.4) is 0 Å². The number of rotatable bonds is 10. The molecule has 7 nitrogen and oxygen atoms in total. The molecule has 3 rings (SSSR count). The predicted octanol–water partition coefficient (Wildman–Crippen LogP) is 6.01. The normalized spacial score (nSPS) is 10.9. The van der Waals surface area contributed by atoms with Crippen molar-refractivity contribution in [3.63, 3.8) is 0 Å². The second-order valence-electron chi connectivity index (χ2n) is 7.18. The Bertz CT molecular complexity index is 1060. The van der Waals surface area contributed by atoms with Crippen LogP contribution in [0.1, 0.15) is 57.5 Å². The molecule has 0 atom stereocenters. The van der Waals surface area contributed by atoms with Crippen molar-refractivity contribution in [2.45, 2.75) is 38.9 Å². The number of aromatic carboxylic acids is 1. The fraction of sp³-hybridized carbons (Fsp3) is 0.292. The van der Waals surface area contributed by atoms with E-state index >= 15 is 0 Å². The van der Waals surface area contributed by atoms with Gasteiger partial charge in [-0.25, -0.2) is 9.78 Å². The second kappa shape index (κ2) is 14.2. The summed E-state index contributed by atoms with van der Waals surface area (Å²) in [5.41, 5.74) is 2.91. The molecule has 0 aliphatic heterocycles. The number of anilines is 1. The number of hydrogen-bond acceptors (Lipinski definition) is 6. The fourth-order valence-electron chi connectivity index (χ4n) is 2.70. The quantitative estimate of drug-likeness (QED) is 0.229. The first-order valence-corrected chi connectivity index (χ1v) is 11.6. The third-order valence-electron chi connectivity index (χ3n) is 4.42. The summed E-state index contributed by atoms with van der Waals surface area (Å²) in [5.74, 6) is -2.42. The molecule has 0 radical (unpaired) electrons. The highest BCUT2D eigenvalue weighted by Gasteiger charge is 2.40. The van der Waals surface area contributed by atoms with E-state index in [0.29, 0.717) is 0 Å². The first-order chi connectivity index (χ1) is 16.7. The molecule has 0 saturated carbocycles. The van der Waals surface area contributed by atoms with E-state index in [2.05, 4.69) is 34.8 Å². The molecule has 1 aromatic heterocycles. The molecule has 188 valence electrons. The first-order valence-electron chi connectivity index (χ1n) is 10.8. The minimum atomic E-state index is -4.90. The number of nitrogens with one attached hydrogen (secondary N) is 2. The molecule has 0 bridgehead atoms. The number of amides is 1. The molecule has 3 aromatic rings. The van der Waals surface area contributed by atoms with Gasteiger partial charge in [0.1, 0.15) is 4.88 Å². The molecule has 35 heavy (non-hydrogen) atoms. The SMILES string of the molecule is CCCCCONCc1ccccc1.O=C(Nc1nc(C(F)(F)F)c(C(=O)O)s1)c1ccccc1. The molecule has 2 aromatic carbocycles. The summed E-state index contributed by atoms with van der Waals surface area (Å²) in [4.78, 5) is 30.0. The molecule has 1 heterocycles. The molecule has 0 aliphatic rings. The Kier molecular flexibility index (Phi) is 11.3. The van der Waals surface area contributed by atoms with Crippen molar-refractivity contribution in [2.75, 3.05) is 11.9 Å². The van der Waals surface area contributed by atoms with Crippen molar-refractivity contribution < 1.29 is 32.7 Å². The zero-order valence-corrected chi connectivity index (χ0v) is 19.8. The Morgan fingerprint density at radius 2 is 1.66 bits per heavy atom. The van der Waals surface area contributed by atoms with Crippen molar-refractivity contribution in [1.29, 1.82) is 0 Å². The van der Waals surface area contributed by atoms with E-state index in [1.54, 1.807) is 18.2 Å². The maximum Gasteiger partial charge on any atom is 0.435 e. The van der Waals surface area contributed by atoms with Crippen LogP contribution in [-0.2, 0) is 17.6 Å². The highest BCUT2D eigenvalue weighted by atomic mass is 32.1. The lowest BCUT2D eigenvalue weighted by Crippen LogP contribution is -2.14. The van der Waals surface area contributed by atoms with E-state index in [1.165, 1.54) is 30.5 Å². The summed E-state index contributed by atoms with van der Waals surface area (Å²) in [5, 5.41) is 10.5. The maximum atomic E-state index is 12.7. The van der Waals surface area contributed by atoms with E-state index in [9.17, 15) is 22.8 Å². The number of nitrogens with zero attached hydrogens (tertiary/aromatic N) is 1. The number of carboxylic acids is 1. The van der Waals surface area contributed by atoms with Crippen molar-refractivity contribution >= 4 is 28.3 Å². The van der Waals surface area contributed by atoms with Gasteiger partial charge in [0, 0.05) is 12.1 Å². The topological polar surface area (TPSA) is 101 Å². The third kappa shape index (κ3) is 9.85. The van der Waals surface area contributed by atoms with Gasteiger partial charge in [-0.15, -0.1) is 0 Å². The molecule has 1 amide bonds. The van der Waals surface area contributed by atoms with Crippen molar-refractivity contribution in [3.05, 3.63) is 82.4 Å². The van der Waals surface area contributed by atoms with Crippen LogP contribution in [0, 0.1) is 0 Å². The number of unbranched alkanes of at least 4 members (excludes halogenated alkanes) is 2. The Labute approximate surface area is 204 Å². The highest BCUT2D eigenvalue weighted by molar-refractivity contribution is 7.17. The molecule has 0 fully saturated rings. The Morgan fingerprint density at radius 3 is 2.20 bits per heavy atom. The smallest absolute Gasteiger partial charge is 0.435 e. The van der Waals surface area contributed by atoms with E-state index in [4.69, 9.17) is 9.94 Å².